The molecule has 1 heterocycles. The molecule has 2 atom stereocenters. The fraction of sp³-hybridized carbons (Fsp3) is 0.588. The van der Waals surface area contributed by atoms with Crippen molar-refractivity contribution in [2.45, 2.75) is 38.5 Å². The van der Waals surface area contributed by atoms with E-state index in [-0.39, 0.29) is 10.8 Å². The summed E-state index contributed by atoms with van der Waals surface area (Å²) in [6, 6.07) is 6.55. The number of rotatable bonds is 5. The highest BCUT2D eigenvalue weighted by Crippen LogP contribution is 2.23. The summed E-state index contributed by atoms with van der Waals surface area (Å²) in [4.78, 5) is 14.6. The van der Waals surface area contributed by atoms with Crippen LogP contribution in [0.3, 0.4) is 0 Å². The van der Waals surface area contributed by atoms with Gasteiger partial charge in [0.2, 0.25) is 15.9 Å². The summed E-state index contributed by atoms with van der Waals surface area (Å²) in [5.74, 6) is 1.31. The summed E-state index contributed by atoms with van der Waals surface area (Å²) in [5, 5.41) is 0. The minimum absolute atomic E-state index is 0.117. The van der Waals surface area contributed by atoms with E-state index in [1.54, 1.807) is 31.2 Å². The summed E-state index contributed by atoms with van der Waals surface area (Å²) in [5.41, 5.74) is 0.844. The van der Waals surface area contributed by atoms with Crippen LogP contribution in [-0.4, -0.2) is 38.9 Å². The van der Waals surface area contributed by atoms with Crippen LogP contribution in [0.5, 0.6) is 0 Å². The smallest absolute Gasteiger partial charge is 0.240 e. The Balaban J connectivity index is 2.00. The predicted molar refractivity (Wildman–Crippen MR) is 90.5 cm³/mol. The molecule has 0 unspecified atom stereocenters. The third kappa shape index (κ3) is 4.54. The van der Waals surface area contributed by atoms with E-state index in [2.05, 4.69) is 18.6 Å². The first-order chi connectivity index (χ1) is 10.8. The first-order valence-corrected chi connectivity index (χ1v) is 9.68. The van der Waals surface area contributed by atoms with Gasteiger partial charge < -0.3 is 4.90 Å². The Labute approximate surface area is 139 Å². The van der Waals surface area contributed by atoms with Crippen LogP contribution in [0.4, 0.5) is 0 Å². The molecule has 1 aliphatic rings. The number of carbonyl (C=O) groups is 1. The highest BCUT2D eigenvalue weighted by atomic mass is 32.2. The molecule has 1 aliphatic heterocycles. The molecule has 1 fully saturated rings. The zero-order chi connectivity index (χ0) is 17.0. The van der Waals surface area contributed by atoms with E-state index in [1.165, 1.54) is 0 Å². The van der Waals surface area contributed by atoms with Crippen molar-refractivity contribution in [1.29, 1.82) is 0 Å². The van der Waals surface area contributed by atoms with E-state index < -0.39 is 10.0 Å². The predicted octanol–water partition coefficient (Wildman–Crippen LogP) is 2.03. The molecule has 1 aromatic carbocycles. The molecule has 0 bridgehead atoms. The zero-order valence-corrected chi connectivity index (χ0v) is 14.9. The molecule has 0 aromatic heterocycles. The van der Waals surface area contributed by atoms with Gasteiger partial charge in [-0.25, -0.2) is 13.1 Å². The number of nitrogens with zero attached hydrogens (tertiary/aromatic N) is 1. The Kier molecular flexibility index (Phi) is 5.81. The van der Waals surface area contributed by atoms with E-state index in [0.717, 1.165) is 25.1 Å². The SMILES string of the molecule is CCNS(=O)(=O)c1ccc(CC(=O)N2CC[C@@H](C)[C@@H](C)C2)cc1. The molecule has 1 N–H and O–H groups in total. The number of hydrogen-bond acceptors (Lipinski definition) is 3. The van der Waals surface area contributed by atoms with Crippen molar-refractivity contribution in [3.63, 3.8) is 0 Å². The normalized spacial score (nSPS) is 22.1. The first kappa shape index (κ1) is 17.9. The number of carbonyl (C=O) groups excluding carboxylic acids is 1. The Bertz CT molecular complexity index is 640. The Morgan fingerprint density at radius 1 is 1.22 bits per heavy atom. The maximum atomic E-state index is 12.4. The third-order valence-corrected chi connectivity index (χ3v) is 6.17. The maximum Gasteiger partial charge on any atom is 0.240 e. The van der Waals surface area contributed by atoms with E-state index in [1.807, 2.05) is 4.90 Å². The minimum atomic E-state index is -3.43. The summed E-state index contributed by atoms with van der Waals surface area (Å²) < 4.78 is 26.2. The van der Waals surface area contributed by atoms with Gasteiger partial charge in [0.15, 0.2) is 0 Å². The van der Waals surface area contributed by atoms with Crippen molar-refractivity contribution >= 4 is 15.9 Å². The summed E-state index contributed by atoms with van der Waals surface area (Å²) in [6.45, 7) is 8.14. The highest BCUT2D eigenvalue weighted by molar-refractivity contribution is 7.89. The van der Waals surface area contributed by atoms with Gasteiger partial charge in [-0.1, -0.05) is 32.9 Å². The average molecular weight is 338 g/mol. The summed E-state index contributed by atoms with van der Waals surface area (Å²) >= 11 is 0. The lowest BCUT2D eigenvalue weighted by Gasteiger charge is -2.35. The molecule has 128 valence electrons. The van der Waals surface area contributed by atoms with Crippen LogP contribution in [0, 0.1) is 11.8 Å². The largest absolute Gasteiger partial charge is 0.342 e. The Morgan fingerprint density at radius 2 is 1.87 bits per heavy atom. The van der Waals surface area contributed by atoms with Crippen LogP contribution in [0.2, 0.25) is 0 Å². The van der Waals surface area contributed by atoms with Gasteiger partial charge in [0, 0.05) is 19.6 Å². The van der Waals surface area contributed by atoms with Crippen molar-refractivity contribution in [3.05, 3.63) is 29.8 Å². The van der Waals surface area contributed by atoms with E-state index in [9.17, 15) is 13.2 Å². The summed E-state index contributed by atoms with van der Waals surface area (Å²) in [7, 11) is -3.43. The van der Waals surface area contributed by atoms with Gasteiger partial charge in [-0.3, -0.25) is 4.79 Å². The van der Waals surface area contributed by atoms with Gasteiger partial charge in [-0.15, -0.1) is 0 Å². The number of hydrogen-bond donors (Lipinski definition) is 1. The molecule has 0 spiro atoms. The molecular weight excluding hydrogens is 312 g/mol. The van der Waals surface area contributed by atoms with Crippen molar-refractivity contribution in [3.8, 4) is 0 Å². The standard InChI is InChI=1S/C17H26N2O3S/c1-4-18-23(21,22)16-7-5-15(6-8-16)11-17(20)19-10-9-13(2)14(3)12-19/h5-8,13-14,18H,4,9-12H2,1-3H3/t13-,14+/m1/s1. The molecule has 0 radical (unpaired) electrons. The molecule has 23 heavy (non-hydrogen) atoms. The minimum Gasteiger partial charge on any atom is -0.342 e. The molecular formula is C17H26N2O3S. The van der Waals surface area contributed by atoms with Crippen LogP contribution in [0.15, 0.2) is 29.2 Å². The van der Waals surface area contributed by atoms with Crippen LogP contribution in [0.1, 0.15) is 32.8 Å². The second-order valence-corrected chi connectivity index (χ2v) is 8.17. The fourth-order valence-electron chi connectivity index (χ4n) is 2.84. The Hall–Kier alpha value is -1.40. The quantitative estimate of drug-likeness (QED) is 0.893. The van der Waals surface area contributed by atoms with Crippen molar-refractivity contribution in [1.82, 2.24) is 9.62 Å². The summed E-state index contributed by atoms with van der Waals surface area (Å²) in [6.07, 6.45) is 1.37. The molecule has 0 aliphatic carbocycles. The molecule has 5 nitrogen and oxygen atoms in total. The van der Waals surface area contributed by atoms with Crippen LogP contribution in [0.25, 0.3) is 0 Å². The van der Waals surface area contributed by atoms with E-state index in [0.29, 0.717) is 24.8 Å². The van der Waals surface area contributed by atoms with Gasteiger partial charge in [-0.05, 0) is 36.0 Å². The van der Waals surface area contributed by atoms with Crippen molar-refractivity contribution < 1.29 is 13.2 Å². The molecule has 2 rings (SSSR count). The van der Waals surface area contributed by atoms with Crippen LogP contribution < -0.4 is 4.72 Å². The van der Waals surface area contributed by atoms with E-state index in [4.69, 9.17) is 0 Å². The first-order valence-electron chi connectivity index (χ1n) is 8.20. The van der Waals surface area contributed by atoms with Crippen molar-refractivity contribution in [2.24, 2.45) is 11.8 Å². The molecule has 6 heteroatoms. The van der Waals surface area contributed by atoms with Gasteiger partial charge >= 0.3 is 0 Å². The number of sulfonamides is 1. The number of benzene rings is 1. The van der Waals surface area contributed by atoms with Gasteiger partial charge in [0.05, 0.1) is 11.3 Å². The monoisotopic (exact) mass is 338 g/mol. The zero-order valence-electron chi connectivity index (χ0n) is 14.1. The lowest BCUT2D eigenvalue weighted by Crippen LogP contribution is -2.42. The molecule has 1 amide bonds. The lowest BCUT2D eigenvalue weighted by atomic mass is 9.88. The third-order valence-electron chi connectivity index (χ3n) is 4.61. The lowest BCUT2D eigenvalue weighted by molar-refractivity contribution is -0.132. The second-order valence-electron chi connectivity index (χ2n) is 6.41. The topological polar surface area (TPSA) is 66.5 Å². The van der Waals surface area contributed by atoms with Gasteiger partial charge in [-0.2, -0.15) is 0 Å². The number of nitrogens with one attached hydrogen (secondary N) is 1. The van der Waals surface area contributed by atoms with Gasteiger partial charge in [0.25, 0.3) is 0 Å². The maximum absolute atomic E-state index is 12.4. The second kappa shape index (κ2) is 7.45. The van der Waals surface area contributed by atoms with Gasteiger partial charge in [0.1, 0.15) is 0 Å². The number of likely N-dealkylation sites (tertiary alicyclic amines) is 1. The molecule has 0 saturated carbocycles. The van der Waals surface area contributed by atoms with Crippen LogP contribution >= 0.6 is 0 Å². The van der Waals surface area contributed by atoms with Crippen LogP contribution in [-0.2, 0) is 21.2 Å². The number of piperidine rings is 1. The van der Waals surface area contributed by atoms with Crippen molar-refractivity contribution in [2.75, 3.05) is 19.6 Å². The fourth-order valence-corrected chi connectivity index (χ4v) is 3.88. The highest BCUT2D eigenvalue weighted by Gasteiger charge is 2.25. The number of amides is 1. The molecule has 1 saturated heterocycles. The molecule has 1 aromatic rings. The van der Waals surface area contributed by atoms with E-state index >= 15 is 0 Å². The Morgan fingerprint density at radius 3 is 2.43 bits per heavy atom. The average Bonchev–Trinajstić information content (AvgIpc) is 2.50.